The van der Waals surface area contributed by atoms with Crippen molar-refractivity contribution in [1.82, 2.24) is 25.4 Å². The molecule has 2 aliphatic rings. The Hall–Kier alpha value is -4.60. The molecular formula is C28H27F3N6O4. The molecule has 1 saturated carbocycles. The molecule has 2 aromatic heterocycles. The minimum absolute atomic E-state index is 0.0267. The molecule has 0 bridgehead atoms. The van der Waals surface area contributed by atoms with Gasteiger partial charge >= 0.3 is 6.18 Å². The van der Waals surface area contributed by atoms with Crippen molar-refractivity contribution in [2.45, 2.75) is 44.8 Å². The number of amides is 2. The summed E-state index contributed by atoms with van der Waals surface area (Å²) in [5.74, 6) is -0.265. The van der Waals surface area contributed by atoms with Gasteiger partial charge in [-0.25, -0.2) is 9.67 Å². The largest absolute Gasteiger partial charge is 0.493 e. The van der Waals surface area contributed by atoms with Crippen LogP contribution in [0.4, 0.5) is 13.2 Å². The average Bonchev–Trinajstić information content (AvgIpc) is 3.62. The van der Waals surface area contributed by atoms with Gasteiger partial charge in [0.15, 0.2) is 12.4 Å². The summed E-state index contributed by atoms with van der Waals surface area (Å²) in [5, 5.41) is 19.7. The smallest absolute Gasteiger partial charge is 0.422 e. The molecule has 1 aliphatic carbocycles. The predicted octanol–water partition coefficient (Wildman–Crippen LogP) is 3.67. The predicted molar refractivity (Wildman–Crippen MR) is 139 cm³/mol. The van der Waals surface area contributed by atoms with E-state index in [0.29, 0.717) is 42.9 Å². The van der Waals surface area contributed by atoms with E-state index in [-0.39, 0.29) is 36.2 Å². The van der Waals surface area contributed by atoms with Crippen LogP contribution in [-0.2, 0) is 6.42 Å². The first-order valence-corrected chi connectivity index (χ1v) is 13.0. The summed E-state index contributed by atoms with van der Waals surface area (Å²) in [6.45, 7) is 0.804. The number of nitrogens with one attached hydrogen (secondary N) is 2. The lowest BCUT2D eigenvalue weighted by molar-refractivity contribution is -0.153. The van der Waals surface area contributed by atoms with Gasteiger partial charge in [-0.05, 0) is 43.5 Å². The number of nitrogens with zero attached hydrogens (tertiary/aromatic N) is 4. The molecule has 1 aliphatic heterocycles. The van der Waals surface area contributed by atoms with Crippen LogP contribution in [0.25, 0.3) is 5.82 Å². The molecule has 13 heteroatoms. The van der Waals surface area contributed by atoms with E-state index < -0.39 is 30.0 Å². The molecule has 2 N–H and O–H groups in total. The number of halogens is 3. The van der Waals surface area contributed by atoms with Crippen LogP contribution in [0.2, 0.25) is 0 Å². The first kappa shape index (κ1) is 27.9. The molecule has 0 spiro atoms. The van der Waals surface area contributed by atoms with Crippen LogP contribution in [0.15, 0.2) is 42.6 Å². The quantitative estimate of drug-likeness (QED) is 0.382. The van der Waals surface area contributed by atoms with Gasteiger partial charge in [0.05, 0.1) is 29.3 Å². The van der Waals surface area contributed by atoms with Crippen molar-refractivity contribution in [2.75, 3.05) is 19.8 Å². The van der Waals surface area contributed by atoms with Crippen molar-refractivity contribution in [3.8, 4) is 23.4 Å². The first-order chi connectivity index (χ1) is 19.6. The zero-order chi connectivity index (χ0) is 29.2. The zero-order valence-electron chi connectivity index (χ0n) is 22.1. The van der Waals surface area contributed by atoms with Crippen LogP contribution in [-0.4, -0.2) is 58.6 Å². The van der Waals surface area contributed by atoms with Crippen molar-refractivity contribution in [3.63, 3.8) is 0 Å². The Balaban J connectivity index is 1.29. The van der Waals surface area contributed by atoms with Crippen LogP contribution in [0, 0.1) is 23.7 Å². The van der Waals surface area contributed by atoms with E-state index >= 15 is 0 Å². The third-order valence-corrected chi connectivity index (χ3v) is 6.91. The molecule has 0 radical (unpaired) electrons. The molecule has 0 saturated heterocycles. The van der Waals surface area contributed by atoms with E-state index in [0.717, 1.165) is 5.56 Å². The number of fused-ring (bicyclic) bond motifs is 1. The number of aryl methyl sites for hydroxylation is 1. The van der Waals surface area contributed by atoms with Gasteiger partial charge in [-0.2, -0.15) is 23.5 Å². The second-order valence-corrected chi connectivity index (χ2v) is 10.2. The van der Waals surface area contributed by atoms with E-state index in [1.54, 1.807) is 18.3 Å². The van der Waals surface area contributed by atoms with Crippen LogP contribution in [0.3, 0.4) is 0 Å². The molecule has 214 valence electrons. The van der Waals surface area contributed by atoms with Crippen molar-refractivity contribution in [3.05, 3.63) is 65.1 Å². The number of hydrogen-bond donors (Lipinski definition) is 2. The molecule has 5 rings (SSSR count). The molecule has 1 aromatic carbocycles. The Kier molecular flexibility index (Phi) is 7.57. The van der Waals surface area contributed by atoms with Crippen LogP contribution < -0.4 is 20.1 Å². The maximum absolute atomic E-state index is 13.3. The third kappa shape index (κ3) is 6.59. The summed E-state index contributed by atoms with van der Waals surface area (Å²) in [6.07, 6.45) is -0.712. The lowest BCUT2D eigenvalue weighted by Gasteiger charge is -2.23. The summed E-state index contributed by atoms with van der Waals surface area (Å²) >= 11 is 0. The Morgan fingerprint density at radius 3 is 2.66 bits per heavy atom. The number of hydrogen-bond acceptors (Lipinski definition) is 7. The number of rotatable bonds is 10. The second-order valence-electron chi connectivity index (χ2n) is 10.2. The number of aromatic nitrogens is 3. The highest BCUT2D eigenvalue weighted by Gasteiger charge is 2.44. The molecular weight excluding hydrogens is 541 g/mol. The van der Waals surface area contributed by atoms with Crippen molar-refractivity contribution >= 4 is 11.8 Å². The number of carbonyl (C=O) groups is 2. The van der Waals surface area contributed by atoms with Crippen molar-refractivity contribution in [2.24, 2.45) is 5.41 Å². The van der Waals surface area contributed by atoms with Gasteiger partial charge in [-0.1, -0.05) is 12.1 Å². The molecule has 41 heavy (non-hydrogen) atoms. The highest BCUT2D eigenvalue weighted by Crippen LogP contribution is 2.44. The molecule has 1 fully saturated rings. The summed E-state index contributed by atoms with van der Waals surface area (Å²) in [6, 6.07) is 11.3. The monoisotopic (exact) mass is 568 g/mol. The average molecular weight is 569 g/mol. The molecule has 1 unspecified atom stereocenters. The highest BCUT2D eigenvalue weighted by molar-refractivity contribution is 6.08. The topological polar surface area (TPSA) is 131 Å². The Labute approximate surface area is 233 Å². The second kappa shape index (κ2) is 11.1. The summed E-state index contributed by atoms with van der Waals surface area (Å²) in [7, 11) is 0. The van der Waals surface area contributed by atoms with Gasteiger partial charge in [0.25, 0.3) is 11.8 Å². The minimum Gasteiger partial charge on any atom is -0.493 e. The number of ether oxygens (including phenoxy) is 2. The number of pyridine rings is 1. The Morgan fingerprint density at radius 1 is 1.24 bits per heavy atom. The summed E-state index contributed by atoms with van der Waals surface area (Å²) in [5.41, 5.74) is 0.971. The van der Waals surface area contributed by atoms with Gasteiger partial charge in [-0.15, -0.1) is 0 Å². The fourth-order valence-corrected chi connectivity index (χ4v) is 4.47. The SMILES string of the molecule is Cc1ccc(-n2nc3c(c2C(=O)NCC2(C#N)CC2)C(=O)NC(CCOc2cccc(OCC(F)(F)F)c2)C3)nc1. The summed E-state index contributed by atoms with van der Waals surface area (Å²) in [4.78, 5) is 31.0. The maximum atomic E-state index is 13.3. The number of benzene rings is 1. The number of alkyl halides is 3. The maximum Gasteiger partial charge on any atom is 0.422 e. The van der Waals surface area contributed by atoms with Crippen molar-refractivity contribution < 1.29 is 32.2 Å². The molecule has 10 nitrogen and oxygen atoms in total. The van der Waals surface area contributed by atoms with E-state index in [9.17, 15) is 28.0 Å². The lowest BCUT2D eigenvalue weighted by atomic mass is 9.98. The number of carbonyl (C=O) groups excluding carboxylic acids is 2. The van der Waals surface area contributed by atoms with Crippen LogP contribution in [0.1, 0.15) is 51.4 Å². The van der Waals surface area contributed by atoms with E-state index in [2.05, 4.69) is 26.8 Å². The van der Waals surface area contributed by atoms with E-state index in [1.807, 2.05) is 13.0 Å². The molecule has 1 atom stereocenters. The Morgan fingerprint density at radius 2 is 2.00 bits per heavy atom. The van der Waals surface area contributed by atoms with Crippen LogP contribution >= 0.6 is 0 Å². The van der Waals surface area contributed by atoms with Crippen molar-refractivity contribution in [1.29, 1.82) is 5.26 Å². The highest BCUT2D eigenvalue weighted by atomic mass is 19.4. The van der Waals surface area contributed by atoms with Gasteiger partial charge in [0, 0.05) is 37.7 Å². The van der Waals surface area contributed by atoms with E-state index in [1.165, 1.54) is 22.9 Å². The fraction of sp³-hybridized carbons (Fsp3) is 0.393. The Bertz CT molecular complexity index is 1490. The number of nitriles is 1. The lowest BCUT2D eigenvalue weighted by Crippen LogP contribution is -2.43. The van der Waals surface area contributed by atoms with Gasteiger partial charge in [0.2, 0.25) is 0 Å². The van der Waals surface area contributed by atoms with Crippen LogP contribution in [0.5, 0.6) is 11.5 Å². The molecule has 3 heterocycles. The normalized spacial score (nSPS) is 17.1. The minimum atomic E-state index is -4.45. The standard InChI is InChI=1S/C28H27F3N6O4/c1-17-5-6-22(33-13-17)37-24(26(39)34-15-27(14-32)8-9-27)23-21(36-37)11-18(35-25(23)38)7-10-40-19-3-2-4-20(12-19)41-16-28(29,30)31/h2-6,12-13,18H,7-11,15-16H2,1H3,(H,34,39)(H,35,38). The zero-order valence-corrected chi connectivity index (χ0v) is 22.1. The fourth-order valence-electron chi connectivity index (χ4n) is 4.47. The first-order valence-electron chi connectivity index (χ1n) is 13.0. The van der Waals surface area contributed by atoms with E-state index in [4.69, 9.17) is 9.47 Å². The van der Waals surface area contributed by atoms with Gasteiger partial charge in [0.1, 0.15) is 17.2 Å². The van der Waals surface area contributed by atoms with Gasteiger partial charge in [-0.3, -0.25) is 9.59 Å². The van der Waals surface area contributed by atoms with Gasteiger partial charge < -0.3 is 20.1 Å². The summed E-state index contributed by atoms with van der Waals surface area (Å²) < 4.78 is 49.1. The molecule has 3 aromatic rings. The third-order valence-electron chi connectivity index (χ3n) is 6.91. The molecule has 2 amide bonds.